The van der Waals surface area contributed by atoms with E-state index in [1.165, 1.54) is 30.1 Å². The van der Waals surface area contributed by atoms with E-state index >= 15 is 0 Å². The number of amides is 1. The number of piperazine rings is 1. The molecular weight excluding hydrogens is 355 g/mol. The Morgan fingerprint density at radius 1 is 1.19 bits per heavy atom. The highest BCUT2D eigenvalue weighted by atomic mass is 32.2. The molecule has 1 fully saturated rings. The van der Waals surface area contributed by atoms with Gasteiger partial charge in [-0.1, -0.05) is 23.9 Å². The van der Waals surface area contributed by atoms with Crippen molar-refractivity contribution < 1.29 is 9.18 Å². The number of nitrogens with zero attached hydrogens (tertiary/aromatic N) is 4. The molecule has 1 unspecified atom stereocenters. The summed E-state index contributed by atoms with van der Waals surface area (Å²) in [6, 6.07) is 7.99. The molecule has 1 aromatic carbocycles. The monoisotopic (exact) mass is 374 g/mol. The van der Waals surface area contributed by atoms with Crippen LogP contribution in [0.25, 0.3) is 0 Å². The third-order valence-corrected chi connectivity index (χ3v) is 5.96. The number of para-hydroxylation sites is 1. The Labute approximate surface area is 154 Å². The number of fused-ring (bicyclic) bond motifs is 1. The summed E-state index contributed by atoms with van der Waals surface area (Å²) < 4.78 is 15.5. The number of hydrogen-bond donors (Lipinski definition) is 0. The zero-order valence-corrected chi connectivity index (χ0v) is 15.0. The molecule has 1 saturated heterocycles. The average molecular weight is 374 g/mol. The molecule has 0 bridgehead atoms. The Hall–Kier alpha value is -2.35. The van der Waals surface area contributed by atoms with Crippen LogP contribution in [0.3, 0.4) is 0 Å². The van der Waals surface area contributed by atoms with Gasteiger partial charge in [-0.15, -0.1) is 0 Å². The van der Waals surface area contributed by atoms with Gasteiger partial charge in [-0.3, -0.25) is 14.2 Å². The molecule has 0 radical (unpaired) electrons. The van der Waals surface area contributed by atoms with Crippen LogP contribution in [-0.4, -0.2) is 52.3 Å². The lowest BCUT2D eigenvalue weighted by Gasteiger charge is -2.36. The van der Waals surface area contributed by atoms with Crippen LogP contribution in [0.2, 0.25) is 0 Å². The predicted octanol–water partition coefficient (Wildman–Crippen LogP) is 1.77. The highest BCUT2D eigenvalue weighted by Crippen LogP contribution is 2.32. The molecule has 0 N–H and O–H groups in total. The molecule has 1 atom stereocenters. The number of hydrogen-bond acceptors (Lipinski definition) is 5. The average Bonchev–Trinajstić information content (AvgIpc) is 3.06. The minimum Gasteiger partial charge on any atom is -0.366 e. The third kappa shape index (κ3) is 3.21. The van der Waals surface area contributed by atoms with E-state index < -0.39 is 0 Å². The third-order valence-electron chi connectivity index (χ3n) is 4.85. The van der Waals surface area contributed by atoms with Crippen molar-refractivity contribution in [1.29, 1.82) is 0 Å². The van der Waals surface area contributed by atoms with Crippen LogP contribution < -0.4 is 10.5 Å². The lowest BCUT2D eigenvalue weighted by molar-refractivity contribution is -0.132. The van der Waals surface area contributed by atoms with Gasteiger partial charge in [-0.2, -0.15) is 0 Å². The summed E-state index contributed by atoms with van der Waals surface area (Å²) in [6.45, 7) is 2.32. The van der Waals surface area contributed by atoms with Crippen molar-refractivity contribution in [2.75, 3.05) is 36.8 Å². The molecule has 0 aliphatic carbocycles. The summed E-state index contributed by atoms with van der Waals surface area (Å²) >= 11 is 1.51. The van der Waals surface area contributed by atoms with Gasteiger partial charge in [0.1, 0.15) is 5.82 Å². The molecule has 6 nitrogen and oxygen atoms in total. The molecule has 2 aromatic rings. The van der Waals surface area contributed by atoms with Crippen molar-refractivity contribution in [3.63, 3.8) is 0 Å². The molecular formula is C18H19FN4O2S. The molecule has 26 heavy (non-hydrogen) atoms. The van der Waals surface area contributed by atoms with E-state index in [0.29, 0.717) is 49.2 Å². The van der Waals surface area contributed by atoms with Crippen molar-refractivity contribution in [1.82, 2.24) is 14.5 Å². The van der Waals surface area contributed by atoms with Gasteiger partial charge in [0.2, 0.25) is 5.91 Å². The minimum atomic E-state index is -0.237. The van der Waals surface area contributed by atoms with E-state index in [-0.39, 0.29) is 23.3 Å². The van der Waals surface area contributed by atoms with Crippen molar-refractivity contribution in [3.05, 3.63) is 52.7 Å². The van der Waals surface area contributed by atoms with Crippen molar-refractivity contribution in [3.8, 4) is 0 Å². The van der Waals surface area contributed by atoms with E-state index in [9.17, 15) is 14.0 Å². The standard InChI is InChI=1S/C18H19FN4O2S/c19-14-3-1-2-4-15(14)21-7-9-22(10-8-21)17(25)11-13-12-26-18-20-6-5-16(24)23(13)18/h1-6,13H,7-12H2. The summed E-state index contributed by atoms with van der Waals surface area (Å²) in [7, 11) is 0. The highest BCUT2D eigenvalue weighted by molar-refractivity contribution is 7.99. The second-order valence-electron chi connectivity index (χ2n) is 6.42. The van der Waals surface area contributed by atoms with Crippen LogP contribution in [0, 0.1) is 5.82 Å². The van der Waals surface area contributed by atoms with Gasteiger partial charge in [0.25, 0.3) is 5.56 Å². The first-order valence-electron chi connectivity index (χ1n) is 8.61. The molecule has 4 rings (SSSR count). The van der Waals surface area contributed by atoms with Gasteiger partial charge in [-0.05, 0) is 12.1 Å². The summed E-state index contributed by atoms with van der Waals surface area (Å²) in [6.07, 6.45) is 1.80. The van der Waals surface area contributed by atoms with Gasteiger partial charge >= 0.3 is 0 Å². The van der Waals surface area contributed by atoms with Crippen molar-refractivity contribution in [2.45, 2.75) is 17.6 Å². The topological polar surface area (TPSA) is 58.4 Å². The van der Waals surface area contributed by atoms with Crippen LogP contribution in [0.4, 0.5) is 10.1 Å². The number of rotatable bonds is 3. The predicted molar refractivity (Wildman–Crippen MR) is 98.1 cm³/mol. The summed E-state index contributed by atoms with van der Waals surface area (Å²) in [5.41, 5.74) is 0.473. The fourth-order valence-electron chi connectivity index (χ4n) is 3.48. The highest BCUT2D eigenvalue weighted by Gasteiger charge is 2.30. The minimum absolute atomic E-state index is 0.0346. The number of thioether (sulfide) groups is 1. The van der Waals surface area contributed by atoms with Gasteiger partial charge < -0.3 is 9.80 Å². The Kier molecular flexibility index (Phi) is 4.67. The fraction of sp³-hybridized carbons (Fsp3) is 0.389. The lowest BCUT2D eigenvalue weighted by atomic mass is 10.2. The van der Waals surface area contributed by atoms with Gasteiger partial charge in [0.05, 0.1) is 11.7 Å². The normalized spacial score (nSPS) is 19.5. The van der Waals surface area contributed by atoms with Crippen LogP contribution in [0.15, 0.2) is 46.5 Å². The molecule has 2 aliphatic heterocycles. The van der Waals surface area contributed by atoms with Gasteiger partial charge in [0.15, 0.2) is 5.16 Å². The van der Waals surface area contributed by atoms with Gasteiger partial charge in [-0.25, -0.2) is 9.37 Å². The molecule has 3 heterocycles. The molecule has 2 aliphatic rings. The molecule has 8 heteroatoms. The van der Waals surface area contributed by atoms with Crippen LogP contribution in [0.1, 0.15) is 12.5 Å². The fourth-order valence-corrected chi connectivity index (χ4v) is 4.60. The number of carbonyl (C=O) groups excluding carboxylic acids is 1. The summed E-state index contributed by atoms with van der Waals surface area (Å²) in [4.78, 5) is 32.7. The van der Waals surface area contributed by atoms with E-state index in [0.717, 1.165) is 0 Å². The first-order valence-corrected chi connectivity index (χ1v) is 9.59. The number of anilines is 1. The molecule has 0 spiro atoms. The Morgan fingerprint density at radius 2 is 1.96 bits per heavy atom. The Morgan fingerprint density at radius 3 is 2.73 bits per heavy atom. The molecule has 136 valence electrons. The molecule has 1 aromatic heterocycles. The lowest BCUT2D eigenvalue weighted by Crippen LogP contribution is -2.49. The Bertz CT molecular complexity index is 879. The SMILES string of the molecule is O=C(CC1CSc2nccc(=O)n21)N1CCN(c2ccccc2F)CC1. The quantitative estimate of drug-likeness (QED) is 0.767. The van der Waals surface area contributed by atoms with Crippen molar-refractivity contribution >= 4 is 23.4 Å². The maximum absolute atomic E-state index is 13.9. The largest absolute Gasteiger partial charge is 0.366 e. The van der Waals surface area contributed by atoms with E-state index in [1.54, 1.807) is 21.6 Å². The number of benzene rings is 1. The zero-order chi connectivity index (χ0) is 18.1. The zero-order valence-electron chi connectivity index (χ0n) is 14.2. The smallest absolute Gasteiger partial charge is 0.254 e. The van der Waals surface area contributed by atoms with E-state index in [4.69, 9.17) is 0 Å². The van der Waals surface area contributed by atoms with Crippen LogP contribution in [-0.2, 0) is 4.79 Å². The van der Waals surface area contributed by atoms with Crippen molar-refractivity contribution in [2.24, 2.45) is 0 Å². The van der Waals surface area contributed by atoms with Gasteiger partial charge in [0, 0.05) is 50.6 Å². The van der Waals surface area contributed by atoms with Crippen LogP contribution >= 0.6 is 11.8 Å². The second kappa shape index (κ2) is 7.11. The van der Waals surface area contributed by atoms with Crippen LogP contribution in [0.5, 0.6) is 0 Å². The van der Waals surface area contributed by atoms with E-state index in [2.05, 4.69) is 4.98 Å². The molecule has 0 saturated carbocycles. The second-order valence-corrected chi connectivity index (χ2v) is 7.41. The van der Waals surface area contributed by atoms with E-state index in [1.807, 2.05) is 11.0 Å². The number of halogens is 1. The number of aromatic nitrogens is 2. The summed E-state index contributed by atoms with van der Waals surface area (Å²) in [5, 5.41) is 0.680. The first-order chi connectivity index (χ1) is 12.6. The summed E-state index contributed by atoms with van der Waals surface area (Å²) in [5.74, 6) is 0.485. The Balaban J connectivity index is 1.38. The molecule has 1 amide bonds. The maximum Gasteiger partial charge on any atom is 0.254 e. The number of carbonyl (C=O) groups is 1. The first kappa shape index (κ1) is 17.1. The maximum atomic E-state index is 13.9.